The maximum Gasteiger partial charge on any atom is 0.257 e. The molecule has 0 aromatic rings. The second kappa shape index (κ2) is 4.65. The molecule has 0 spiro atoms. The van der Waals surface area contributed by atoms with E-state index in [-0.39, 0.29) is 12.1 Å². The predicted octanol–water partition coefficient (Wildman–Crippen LogP) is -0.345. The molecule has 0 saturated carbocycles. The maximum absolute atomic E-state index is 9.97. The molecule has 0 heterocycles. The highest BCUT2D eigenvalue weighted by atomic mass is 32.2. The van der Waals surface area contributed by atoms with Crippen molar-refractivity contribution in [1.82, 2.24) is 0 Å². The average Bonchev–Trinajstić information content (AvgIpc) is 1.58. The van der Waals surface area contributed by atoms with Crippen molar-refractivity contribution in [3.05, 3.63) is 0 Å². The first-order chi connectivity index (χ1) is 4.52. The second-order valence-corrected chi connectivity index (χ2v) is 3.01. The van der Waals surface area contributed by atoms with Gasteiger partial charge in [0.1, 0.15) is 0 Å². The van der Waals surface area contributed by atoms with Crippen molar-refractivity contribution in [2.75, 3.05) is 0 Å². The lowest BCUT2D eigenvalue weighted by atomic mass is 10.2. The molecule has 0 aromatic carbocycles. The molecule has 0 amide bonds. The Morgan fingerprint density at radius 3 is 2.30 bits per heavy atom. The second-order valence-electron chi connectivity index (χ2n) is 2.35. The SMILES string of the molecule is CC(C[C@H](C)N)O[SH](=O)=O. The normalized spacial score (nSPS) is 17.2. The summed E-state index contributed by atoms with van der Waals surface area (Å²) >= 11 is 0. The number of thiol groups is 1. The van der Waals surface area contributed by atoms with E-state index in [2.05, 4.69) is 4.18 Å². The molecule has 0 bridgehead atoms. The highest BCUT2D eigenvalue weighted by Gasteiger charge is 2.05. The molecule has 0 aliphatic carbocycles. The molecular weight excluding hydrogens is 154 g/mol. The topological polar surface area (TPSA) is 69.4 Å². The van der Waals surface area contributed by atoms with E-state index in [1.54, 1.807) is 13.8 Å². The number of hydrogen-bond acceptors (Lipinski definition) is 4. The Labute approximate surface area is 62.5 Å². The van der Waals surface area contributed by atoms with Crippen molar-refractivity contribution in [2.24, 2.45) is 5.73 Å². The first-order valence-corrected chi connectivity index (χ1v) is 4.18. The van der Waals surface area contributed by atoms with Gasteiger partial charge in [-0.3, -0.25) is 4.18 Å². The van der Waals surface area contributed by atoms with Gasteiger partial charge in [-0.15, -0.1) is 0 Å². The summed E-state index contributed by atoms with van der Waals surface area (Å²) in [6, 6.07) is -0.0232. The van der Waals surface area contributed by atoms with Crippen LogP contribution >= 0.6 is 0 Å². The lowest BCUT2D eigenvalue weighted by molar-refractivity contribution is 0.220. The molecule has 4 nitrogen and oxygen atoms in total. The van der Waals surface area contributed by atoms with Gasteiger partial charge in [0.2, 0.25) is 0 Å². The minimum Gasteiger partial charge on any atom is -0.328 e. The summed E-state index contributed by atoms with van der Waals surface area (Å²) in [6.07, 6.45) is 0.254. The van der Waals surface area contributed by atoms with Crippen LogP contribution in [0, 0.1) is 0 Å². The highest BCUT2D eigenvalue weighted by molar-refractivity contribution is 7.67. The average molecular weight is 167 g/mol. The van der Waals surface area contributed by atoms with E-state index >= 15 is 0 Å². The third kappa shape index (κ3) is 6.00. The van der Waals surface area contributed by atoms with E-state index in [1.165, 1.54) is 0 Å². The quantitative estimate of drug-likeness (QED) is 0.562. The van der Waals surface area contributed by atoms with Crippen LogP contribution in [0.1, 0.15) is 20.3 Å². The lowest BCUT2D eigenvalue weighted by Gasteiger charge is -2.09. The van der Waals surface area contributed by atoms with Gasteiger partial charge >= 0.3 is 0 Å². The van der Waals surface area contributed by atoms with Gasteiger partial charge in [-0.2, -0.15) is 0 Å². The number of rotatable bonds is 4. The Hall–Kier alpha value is -0.130. The zero-order chi connectivity index (χ0) is 8.15. The zero-order valence-electron chi connectivity index (χ0n) is 6.11. The zero-order valence-corrected chi connectivity index (χ0v) is 7.01. The molecule has 0 aliphatic rings. The predicted molar refractivity (Wildman–Crippen MR) is 39.1 cm³/mol. The third-order valence-corrected chi connectivity index (χ3v) is 1.50. The Morgan fingerprint density at radius 1 is 1.50 bits per heavy atom. The molecule has 5 heteroatoms. The summed E-state index contributed by atoms with van der Waals surface area (Å²) in [4.78, 5) is 0. The van der Waals surface area contributed by atoms with Gasteiger partial charge in [-0.25, -0.2) is 8.42 Å². The fraction of sp³-hybridized carbons (Fsp3) is 1.00. The van der Waals surface area contributed by atoms with Crippen LogP contribution in [0.4, 0.5) is 0 Å². The summed E-state index contributed by atoms with van der Waals surface area (Å²) in [6.45, 7) is 3.48. The Balaban J connectivity index is 3.53. The third-order valence-electron chi connectivity index (χ3n) is 0.970. The van der Waals surface area contributed by atoms with E-state index in [0.717, 1.165) is 0 Å². The maximum atomic E-state index is 9.97. The summed E-state index contributed by atoms with van der Waals surface area (Å²) in [7, 11) is -2.73. The van der Waals surface area contributed by atoms with Gasteiger partial charge in [0.25, 0.3) is 11.0 Å². The molecule has 0 aromatic heterocycles. The largest absolute Gasteiger partial charge is 0.328 e. The van der Waals surface area contributed by atoms with E-state index in [0.29, 0.717) is 6.42 Å². The fourth-order valence-corrected chi connectivity index (χ4v) is 1.09. The van der Waals surface area contributed by atoms with Crippen LogP contribution in [0.5, 0.6) is 0 Å². The van der Waals surface area contributed by atoms with Crippen LogP contribution in [-0.2, 0) is 15.2 Å². The van der Waals surface area contributed by atoms with Crippen molar-refractivity contribution in [1.29, 1.82) is 0 Å². The van der Waals surface area contributed by atoms with E-state index < -0.39 is 11.0 Å². The van der Waals surface area contributed by atoms with Gasteiger partial charge < -0.3 is 5.73 Å². The van der Waals surface area contributed by atoms with E-state index in [1.807, 2.05) is 0 Å². The minimum atomic E-state index is -2.73. The van der Waals surface area contributed by atoms with Crippen LogP contribution in [0.3, 0.4) is 0 Å². The highest BCUT2D eigenvalue weighted by Crippen LogP contribution is 1.99. The van der Waals surface area contributed by atoms with E-state index in [9.17, 15) is 8.42 Å². The van der Waals surface area contributed by atoms with Gasteiger partial charge in [0, 0.05) is 6.04 Å². The molecule has 0 fully saturated rings. The molecule has 62 valence electrons. The van der Waals surface area contributed by atoms with Gasteiger partial charge in [-0.1, -0.05) is 0 Å². The van der Waals surface area contributed by atoms with Gasteiger partial charge in [0.15, 0.2) is 0 Å². The number of nitrogens with two attached hydrogens (primary N) is 1. The summed E-state index contributed by atoms with van der Waals surface area (Å²) in [5, 5.41) is 0. The van der Waals surface area contributed by atoms with Crippen molar-refractivity contribution < 1.29 is 12.6 Å². The molecule has 2 N–H and O–H groups in total. The van der Waals surface area contributed by atoms with Gasteiger partial charge in [0.05, 0.1) is 6.10 Å². The van der Waals surface area contributed by atoms with Crippen molar-refractivity contribution >= 4 is 11.0 Å². The van der Waals surface area contributed by atoms with Crippen LogP contribution < -0.4 is 5.73 Å². The Kier molecular flexibility index (Phi) is 4.59. The summed E-state index contributed by atoms with van der Waals surface area (Å²) in [5.74, 6) is 0. The van der Waals surface area contributed by atoms with Crippen LogP contribution in [0.25, 0.3) is 0 Å². The molecule has 2 atom stereocenters. The molecule has 0 rings (SSSR count). The van der Waals surface area contributed by atoms with Crippen molar-refractivity contribution in [2.45, 2.75) is 32.4 Å². The summed E-state index contributed by atoms with van der Waals surface area (Å²) in [5.41, 5.74) is 5.39. The lowest BCUT2D eigenvalue weighted by Crippen LogP contribution is -2.22. The standard InChI is InChI=1S/C5H13NO3S/c1-4(6)3-5(2)9-10(7)8/h4-5,10H,3,6H2,1-2H3/t4-,5?/m0/s1. The van der Waals surface area contributed by atoms with Crippen LogP contribution in [0.2, 0.25) is 0 Å². The van der Waals surface area contributed by atoms with E-state index in [4.69, 9.17) is 5.73 Å². The molecular formula is C5H13NO3S. The van der Waals surface area contributed by atoms with Gasteiger partial charge in [-0.05, 0) is 20.3 Å². The molecule has 1 unspecified atom stereocenters. The van der Waals surface area contributed by atoms with Crippen molar-refractivity contribution in [3.8, 4) is 0 Å². The molecule has 0 radical (unpaired) electrons. The smallest absolute Gasteiger partial charge is 0.257 e. The first-order valence-electron chi connectivity index (χ1n) is 3.09. The number of hydrogen-bond donors (Lipinski definition) is 2. The summed E-state index contributed by atoms with van der Waals surface area (Å²) < 4.78 is 24.4. The fourth-order valence-electron chi connectivity index (χ4n) is 0.714. The molecule has 0 saturated heterocycles. The first kappa shape index (κ1) is 9.87. The minimum absolute atomic E-state index is 0.0232. The van der Waals surface area contributed by atoms with Crippen molar-refractivity contribution in [3.63, 3.8) is 0 Å². The van der Waals surface area contributed by atoms with Crippen LogP contribution in [0.15, 0.2) is 0 Å². The molecule has 10 heavy (non-hydrogen) atoms. The Bertz CT molecular complexity index is 147. The van der Waals surface area contributed by atoms with Crippen LogP contribution in [-0.4, -0.2) is 20.6 Å². The Morgan fingerprint density at radius 2 is 2.00 bits per heavy atom. The monoisotopic (exact) mass is 167 g/mol. The molecule has 0 aliphatic heterocycles.